The second kappa shape index (κ2) is 7.17. The number of aromatic nitrogens is 1. The van der Waals surface area contributed by atoms with E-state index < -0.39 is 12.1 Å². The van der Waals surface area contributed by atoms with E-state index in [0.717, 1.165) is 4.47 Å². The maximum atomic E-state index is 12.4. The maximum absolute atomic E-state index is 12.4. The van der Waals surface area contributed by atoms with Crippen molar-refractivity contribution >= 4 is 33.8 Å². The summed E-state index contributed by atoms with van der Waals surface area (Å²) in [4.78, 5) is 30.1. The van der Waals surface area contributed by atoms with Crippen LogP contribution in [0.1, 0.15) is 10.5 Å². The fourth-order valence-electron chi connectivity index (χ4n) is 2.19. The van der Waals surface area contributed by atoms with Crippen molar-refractivity contribution in [2.75, 3.05) is 6.54 Å². The quantitative estimate of drug-likeness (QED) is 0.502. The third-order valence-electron chi connectivity index (χ3n) is 3.25. The van der Waals surface area contributed by atoms with Gasteiger partial charge in [0.1, 0.15) is 5.69 Å². The van der Waals surface area contributed by atoms with Gasteiger partial charge in [0.2, 0.25) is 0 Å². The molecule has 136 valence electrons. The number of guanidine groups is 1. The molecule has 0 saturated heterocycles. The average Bonchev–Trinajstić information content (AvgIpc) is 3.10. The van der Waals surface area contributed by atoms with Crippen LogP contribution in [-0.4, -0.2) is 57.8 Å². The van der Waals surface area contributed by atoms with Gasteiger partial charge in [0, 0.05) is 17.2 Å². The number of nitrogens with one attached hydrogen (secondary N) is 2. The van der Waals surface area contributed by atoms with Crippen molar-refractivity contribution in [3.8, 4) is 0 Å². The molecule has 1 aromatic heterocycles. The zero-order chi connectivity index (χ0) is 18.8. The lowest BCUT2D eigenvalue weighted by molar-refractivity contribution is -0.192. The van der Waals surface area contributed by atoms with E-state index in [0.29, 0.717) is 18.2 Å². The first-order valence-corrected chi connectivity index (χ1v) is 7.60. The van der Waals surface area contributed by atoms with Gasteiger partial charge in [0.15, 0.2) is 12.1 Å². The molecule has 2 unspecified atom stereocenters. The van der Waals surface area contributed by atoms with Crippen molar-refractivity contribution in [1.82, 2.24) is 15.2 Å². The van der Waals surface area contributed by atoms with E-state index >= 15 is 0 Å². The van der Waals surface area contributed by atoms with E-state index in [1.165, 1.54) is 0 Å². The Bertz CT molecular complexity index is 731. The number of carboxylic acids is 1. The molecule has 2 atom stereocenters. The van der Waals surface area contributed by atoms with Crippen LogP contribution in [-0.2, 0) is 4.79 Å². The Labute approximate surface area is 147 Å². The monoisotopic (exact) mass is 423 g/mol. The van der Waals surface area contributed by atoms with Crippen molar-refractivity contribution < 1.29 is 27.9 Å². The highest BCUT2D eigenvalue weighted by Crippen LogP contribution is 2.21. The molecule has 12 heteroatoms. The summed E-state index contributed by atoms with van der Waals surface area (Å²) in [6, 6.07) is 1.73. The number of fused-ring (bicyclic) bond motifs is 1. The van der Waals surface area contributed by atoms with Crippen LogP contribution >= 0.6 is 15.9 Å². The summed E-state index contributed by atoms with van der Waals surface area (Å²) >= 11 is 3.31. The van der Waals surface area contributed by atoms with Crippen LogP contribution in [0.25, 0.3) is 0 Å². The van der Waals surface area contributed by atoms with Crippen molar-refractivity contribution in [2.45, 2.75) is 18.4 Å². The first-order chi connectivity index (χ1) is 11.6. The smallest absolute Gasteiger partial charge is 0.475 e. The van der Waals surface area contributed by atoms with Gasteiger partial charge in [-0.25, -0.2) is 9.79 Å². The molecule has 3 rings (SSSR count). The van der Waals surface area contributed by atoms with Crippen LogP contribution in [0.3, 0.4) is 0 Å². The molecule has 1 amide bonds. The number of H-pyrrole nitrogens is 1. The first-order valence-electron chi connectivity index (χ1n) is 6.81. The molecule has 5 N–H and O–H groups in total. The molecule has 0 aromatic carbocycles. The summed E-state index contributed by atoms with van der Waals surface area (Å²) < 4.78 is 32.6. The number of carbonyl (C=O) groups is 2. The van der Waals surface area contributed by atoms with E-state index in [9.17, 15) is 18.0 Å². The number of rotatable bonds is 1. The zero-order valence-electron chi connectivity index (χ0n) is 12.4. The van der Waals surface area contributed by atoms with E-state index in [-0.39, 0.29) is 18.1 Å². The lowest BCUT2D eigenvalue weighted by Crippen LogP contribution is -2.49. The normalized spacial score (nSPS) is 21.6. The van der Waals surface area contributed by atoms with E-state index in [4.69, 9.17) is 15.6 Å². The van der Waals surface area contributed by atoms with Crippen LogP contribution in [0.5, 0.6) is 0 Å². The second-order valence-corrected chi connectivity index (χ2v) is 5.93. The third-order valence-corrected chi connectivity index (χ3v) is 3.71. The predicted molar refractivity (Wildman–Crippen MR) is 84.7 cm³/mol. The molecule has 3 heterocycles. The molecule has 25 heavy (non-hydrogen) atoms. The van der Waals surface area contributed by atoms with Gasteiger partial charge in [-0.3, -0.25) is 4.79 Å². The van der Waals surface area contributed by atoms with Crippen molar-refractivity contribution in [3.05, 3.63) is 34.6 Å². The molecule has 0 radical (unpaired) electrons. The summed E-state index contributed by atoms with van der Waals surface area (Å²) in [7, 11) is 0. The topological polar surface area (TPSA) is 124 Å². The molecule has 0 spiro atoms. The molecular formula is C13H13BrF3N5O3. The summed E-state index contributed by atoms with van der Waals surface area (Å²) in [6.07, 6.45) is 0.319. The summed E-state index contributed by atoms with van der Waals surface area (Å²) in [6.45, 7) is 0.537. The van der Waals surface area contributed by atoms with Gasteiger partial charge < -0.3 is 26.0 Å². The van der Waals surface area contributed by atoms with Crippen molar-refractivity contribution in [1.29, 1.82) is 0 Å². The Kier molecular flexibility index (Phi) is 5.40. The van der Waals surface area contributed by atoms with Crippen LogP contribution in [0.15, 0.2) is 33.9 Å². The van der Waals surface area contributed by atoms with Gasteiger partial charge in [0.05, 0.1) is 6.04 Å². The fraction of sp³-hybridized carbons (Fsp3) is 0.308. The highest BCUT2D eigenvalue weighted by Gasteiger charge is 2.38. The zero-order valence-corrected chi connectivity index (χ0v) is 14.0. The molecular weight excluding hydrogens is 411 g/mol. The van der Waals surface area contributed by atoms with Crippen LogP contribution in [0, 0.1) is 0 Å². The highest BCUT2D eigenvalue weighted by atomic mass is 79.9. The molecule has 2 aliphatic rings. The minimum absolute atomic E-state index is 0.0268. The largest absolute Gasteiger partial charge is 0.490 e. The molecule has 2 aliphatic heterocycles. The SMILES string of the molecule is NC1=NC2C(C=CCN2C(=O)c2cc(Br)c[nH]2)N1.O=C(O)C(F)(F)F. The molecule has 0 fully saturated rings. The lowest BCUT2D eigenvalue weighted by Gasteiger charge is -2.31. The van der Waals surface area contributed by atoms with Gasteiger partial charge in [-0.15, -0.1) is 0 Å². The summed E-state index contributed by atoms with van der Waals surface area (Å²) in [5.74, 6) is -2.46. The van der Waals surface area contributed by atoms with E-state index in [1.807, 2.05) is 12.2 Å². The number of nitrogens with zero attached hydrogens (tertiary/aromatic N) is 2. The van der Waals surface area contributed by atoms with Gasteiger partial charge in [-0.2, -0.15) is 13.2 Å². The third kappa shape index (κ3) is 4.53. The first kappa shape index (κ1) is 18.8. The number of halogens is 4. The molecule has 0 saturated carbocycles. The van der Waals surface area contributed by atoms with E-state index in [2.05, 4.69) is 31.2 Å². The Morgan fingerprint density at radius 1 is 1.44 bits per heavy atom. The summed E-state index contributed by atoms with van der Waals surface area (Å²) in [5.41, 5.74) is 6.19. The van der Waals surface area contributed by atoms with Gasteiger partial charge in [0.25, 0.3) is 5.91 Å². The standard InChI is InChI=1S/C11H12BrN5O.C2HF3O2/c12-6-4-8(14-5-6)10(18)17-3-1-2-7-9(17)16-11(13)15-7;3-2(4,5)1(6)7/h1-2,4-5,7,9,14H,3H2,(H3,13,15,16);(H,6,7). The average molecular weight is 424 g/mol. The van der Waals surface area contributed by atoms with Crippen LogP contribution in [0.4, 0.5) is 13.2 Å². The fourth-order valence-corrected chi connectivity index (χ4v) is 2.54. The van der Waals surface area contributed by atoms with Gasteiger partial charge in [-0.05, 0) is 22.0 Å². The number of carboxylic acid groups (broad SMARTS) is 1. The molecule has 0 aliphatic carbocycles. The van der Waals surface area contributed by atoms with Crippen LogP contribution < -0.4 is 11.1 Å². The minimum atomic E-state index is -5.08. The van der Waals surface area contributed by atoms with E-state index in [1.54, 1.807) is 17.2 Å². The summed E-state index contributed by atoms with van der Waals surface area (Å²) in [5, 5.41) is 10.1. The van der Waals surface area contributed by atoms with Crippen molar-refractivity contribution in [2.24, 2.45) is 10.7 Å². The number of hydrogen-bond donors (Lipinski definition) is 4. The Balaban J connectivity index is 0.000000277. The number of aliphatic carboxylic acids is 1. The Hall–Kier alpha value is -2.50. The number of aromatic amines is 1. The number of aliphatic imine (C=N–C) groups is 1. The minimum Gasteiger partial charge on any atom is -0.475 e. The number of hydrogen-bond acceptors (Lipinski definition) is 5. The second-order valence-electron chi connectivity index (χ2n) is 5.02. The number of alkyl halides is 3. The Morgan fingerprint density at radius 3 is 2.60 bits per heavy atom. The number of nitrogens with two attached hydrogens (primary N) is 1. The number of amides is 1. The van der Waals surface area contributed by atoms with Gasteiger partial charge >= 0.3 is 12.1 Å². The Morgan fingerprint density at radius 2 is 2.08 bits per heavy atom. The number of carbonyl (C=O) groups excluding carboxylic acids is 1. The molecule has 0 bridgehead atoms. The highest BCUT2D eigenvalue weighted by molar-refractivity contribution is 9.10. The van der Waals surface area contributed by atoms with Gasteiger partial charge in [-0.1, -0.05) is 12.2 Å². The van der Waals surface area contributed by atoms with Crippen LogP contribution in [0.2, 0.25) is 0 Å². The lowest BCUT2D eigenvalue weighted by atomic mass is 10.1. The van der Waals surface area contributed by atoms with Crippen molar-refractivity contribution in [3.63, 3.8) is 0 Å². The maximum Gasteiger partial charge on any atom is 0.490 e. The molecule has 8 nitrogen and oxygen atoms in total. The predicted octanol–water partition coefficient (Wildman–Crippen LogP) is 1.04. The molecule has 1 aromatic rings.